The van der Waals surface area contributed by atoms with Crippen LogP contribution in [0, 0.1) is 11.3 Å². The number of rotatable bonds is 5. The molecule has 1 saturated heterocycles. The second-order valence-electron chi connectivity index (χ2n) is 7.18. The standard InChI is InChI=1S/C18H23N3O4/c1-18(2)14(11-7-8-24-15(11)18)19-17-20-16(21-25-17)10-5-6-12(22-3)13(9-10)23-4/h5-6,9,11,14-15H,7-8H2,1-4H3,(H,19,20,21)/t11-,14+,15-/m0/s1. The molecule has 0 spiro atoms. The van der Waals surface area contributed by atoms with Crippen LogP contribution in [-0.2, 0) is 4.74 Å². The Labute approximate surface area is 146 Å². The number of fused-ring (bicyclic) bond motifs is 1. The summed E-state index contributed by atoms with van der Waals surface area (Å²) in [6.45, 7) is 5.25. The molecule has 0 bridgehead atoms. The number of benzene rings is 1. The Kier molecular flexibility index (Phi) is 3.83. The predicted molar refractivity (Wildman–Crippen MR) is 91.9 cm³/mol. The molecule has 1 aromatic carbocycles. The molecule has 0 radical (unpaired) electrons. The van der Waals surface area contributed by atoms with Crippen LogP contribution in [0.5, 0.6) is 11.5 Å². The average molecular weight is 345 g/mol. The van der Waals surface area contributed by atoms with E-state index in [1.807, 2.05) is 18.2 Å². The van der Waals surface area contributed by atoms with Gasteiger partial charge in [0.05, 0.1) is 20.3 Å². The van der Waals surface area contributed by atoms with Gasteiger partial charge in [0.1, 0.15) is 0 Å². The molecule has 3 atom stereocenters. The minimum absolute atomic E-state index is 0.0547. The first-order valence-electron chi connectivity index (χ1n) is 8.49. The molecule has 134 valence electrons. The van der Waals surface area contributed by atoms with Gasteiger partial charge >= 0.3 is 6.01 Å². The average Bonchev–Trinajstić information content (AvgIpc) is 3.27. The van der Waals surface area contributed by atoms with Gasteiger partial charge in [0, 0.05) is 29.5 Å². The first-order valence-corrected chi connectivity index (χ1v) is 8.49. The van der Waals surface area contributed by atoms with Gasteiger partial charge in [-0.05, 0) is 24.6 Å². The molecule has 25 heavy (non-hydrogen) atoms. The van der Waals surface area contributed by atoms with Crippen LogP contribution in [0.2, 0.25) is 0 Å². The maximum atomic E-state index is 5.82. The van der Waals surface area contributed by atoms with Gasteiger partial charge in [0.25, 0.3) is 0 Å². The summed E-state index contributed by atoms with van der Waals surface area (Å²) in [7, 11) is 3.21. The van der Waals surface area contributed by atoms with Gasteiger partial charge in [0.2, 0.25) is 5.82 Å². The minimum atomic E-state index is 0.0547. The van der Waals surface area contributed by atoms with Crippen LogP contribution in [0.3, 0.4) is 0 Å². The Morgan fingerprint density at radius 2 is 2.00 bits per heavy atom. The number of hydrogen-bond donors (Lipinski definition) is 1. The predicted octanol–water partition coefficient (Wildman–Crippen LogP) is 2.98. The third kappa shape index (κ3) is 2.54. The summed E-state index contributed by atoms with van der Waals surface area (Å²) >= 11 is 0. The minimum Gasteiger partial charge on any atom is -0.493 e. The normalized spacial score (nSPS) is 26.6. The van der Waals surface area contributed by atoms with Gasteiger partial charge in [-0.2, -0.15) is 4.98 Å². The Morgan fingerprint density at radius 3 is 2.76 bits per heavy atom. The summed E-state index contributed by atoms with van der Waals surface area (Å²) in [6, 6.07) is 6.26. The largest absolute Gasteiger partial charge is 0.493 e. The van der Waals surface area contributed by atoms with Gasteiger partial charge in [0.15, 0.2) is 11.5 Å². The van der Waals surface area contributed by atoms with Gasteiger partial charge in [-0.3, -0.25) is 0 Å². The van der Waals surface area contributed by atoms with Crippen molar-refractivity contribution in [2.45, 2.75) is 32.4 Å². The monoisotopic (exact) mass is 345 g/mol. The van der Waals surface area contributed by atoms with E-state index in [0.29, 0.717) is 35.4 Å². The van der Waals surface area contributed by atoms with Gasteiger partial charge in [-0.1, -0.05) is 19.0 Å². The molecule has 7 nitrogen and oxygen atoms in total. The van der Waals surface area contributed by atoms with Gasteiger partial charge < -0.3 is 24.1 Å². The lowest BCUT2D eigenvalue weighted by molar-refractivity contribution is -0.0929. The molecule has 2 aromatic rings. The Morgan fingerprint density at radius 1 is 1.20 bits per heavy atom. The van der Waals surface area contributed by atoms with Crippen molar-refractivity contribution >= 4 is 6.01 Å². The zero-order valence-corrected chi connectivity index (χ0v) is 14.9. The molecule has 1 saturated carbocycles. The van der Waals surface area contributed by atoms with Crippen LogP contribution < -0.4 is 14.8 Å². The fraction of sp³-hybridized carbons (Fsp3) is 0.556. The molecule has 0 unspecified atom stereocenters. The molecule has 7 heteroatoms. The number of nitrogens with one attached hydrogen (secondary N) is 1. The highest BCUT2D eigenvalue weighted by Crippen LogP contribution is 2.53. The van der Waals surface area contributed by atoms with E-state index < -0.39 is 0 Å². The second kappa shape index (κ2) is 5.91. The lowest BCUT2D eigenvalue weighted by Crippen LogP contribution is -2.63. The highest BCUT2D eigenvalue weighted by molar-refractivity contribution is 5.61. The van der Waals surface area contributed by atoms with Gasteiger partial charge in [-0.25, -0.2) is 0 Å². The fourth-order valence-electron chi connectivity index (χ4n) is 4.12. The molecule has 2 heterocycles. The molecule has 0 amide bonds. The van der Waals surface area contributed by atoms with Crippen LogP contribution in [-0.4, -0.2) is 43.1 Å². The van der Waals surface area contributed by atoms with Crippen LogP contribution in [0.1, 0.15) is 20.3 Å². The second-order valence-corrected chi connectivity index (χ2v) is 7.18. The molecule has 1 aromatic heterocycles. The lowest BCUT2D eigenvalue weighted by Gasteiger charge is -2.54. The first kappa shape index (κ1) is 16.2. The Bertz CT molecular complexity index is 773. The van der Waals surface area contributed by atoms with Crippen molar-refractivity contribution in [3.63, 3.8) is 0 Å². The van der Waals surface area contributed by atoms with Crippen molar-refractivity contribution in [3.8, 4) is 22.9 Å². The Balaban J connectivity index is 1.53. The summed E-state index contributed by atoms with van der Waals surface area (Å²) in [5, 5.41) is 7.49. The topological polar surface area (TPSA) is 78.6 Å². The molecule has 2 aliphatic rings. The number of nitrogens with zero attached hydrogens (tertiary/aromatic N) is 2. The van der Waals surface area contributed by atoms with E-state index >= 15 is 0 Å². The van der Waals surface area contributed by atoms with E-state index in [9.17, 15) is 0 Å². The van der Waals surface area contributed by atoms with Crippen molar-refractivity contribution in [2.75, 3.05) is 26.1 Å². The maximum absolute atomic E-state index is 5.82. The van der Waals surface area contributed by atoms with Crippen molar-refractivity contribution in [1.82, 2.24) is 10.1 Å². The quantitative estimate of drug-likeness (QED) is 0.892. The summed E-state index contributed by atoms with van der Waals surface area (Å²) in [6.07, 6.45) is 1.39. The van der Waals surface area contributed by atoms with Crippen LogP contribution >= 0.6 is 0 Å². The highest BCUT2D eigenvalue weighted by atomic mass is 16.5. The molecular weight excluding hydrogens is 322 g/mol. The zero-order chi connectivity index (χ0) is 17.6. The van der Waals surface area contributed by atoms with Crippen LogP contribution in [0.25, 0.3) is 11.4 Å². The molecule has 1 N–H and O–H groups in total. The van der Waals surface area contributed by atoms with E-state index in [2.05, 4.69) is 29.3 Å². The number of aromatic nitrogens is 2. The van der Waals surface area contributed by atoms with Gasteiger partial charge in [-0.15, -0.1) is 0 Å². The summed E-state index contributed by atoms with van der Waals surface area (Å²) in [4.78, 5) is 4.49. The maximum Gasteiger partial charge on any atom is 0.322 e. The van der Waals surface area contributed by atoms with Crippen molar-refractivity contribution < 1.29 is 18.7 Å². The fourth-order valence-corrected chi connectivity index (χ4v) is 4.12. The highest BCUT2D eigenvalue weighted by Gasteiger charge is 2.59. The van der Waals surface area contributed by atoms with Crippen molar-refractivity contribution in [1.29, 1.82) is 0 Å². The summed E-state index contributed by atoms with van der Waals surface area (Å²) in [5.74, 6) is 2.31. The number of ether oxygens (including phenoxy) is 3. The van der Waals surface area contributed by atoms with E-state index in [-0.39, 0.29) is 11.5 Å². The molecular formula is C18H23N3O4. The van der Waals surface area contributed by atoms with Crippen molar-refractivity contribution in [2.24, 2.45) is 11.3 Å². The third-order valence-corrected chi connectivity index (χ3v) is 5.45. The number of anilines is 1. The van der Waals surface area contributed by atoms with E-state index in [1.165, 1.54) is 0 Å². The zero-order valence-electron chi connectivity index (χ0n) is 14.9. The van der Waals surface area contributed by atoms with E-state index in [0.717, 1.165) is 18.6 Å². The smallest absolute Gasteiger partial charge is 0.322 e. The summed E-state index contributed by atoms with van der Waals surface area (Å²) in [5.41, 5.74) is 0.864. The van der Waals surface area contributed by atoms with Crippen molar-refractivity contribution in [3.05, 3.63) is 18.2 Å². The van der Waals surface area contributed by atoms with Crippen LogP contribution in [0.4, 0.5) is 6.01 Å². The first-order chi connectivity index (χ1) is 12.0. The molecule has 4 rings (SSSR count). The van der Waals surface area contributed by atoms with E-state index in [1.54, 1.807) is 14.2 Å². The van der Waals surface area contributed by atoms with Crippen LogP contribution in [0.15, 0.2) is 22.7 Å². The Hall–Kier alpha value is -2.28. The third-order valence-electron chi connectivity index (χ3n) is 5.45. The number of hydrogen-bond acceptors (Lipinski definition) is 7. The lowest BCUT2D eigenvalue weighted by atomic mass is 9.57. The number of methoxy groups -OCH3 is 2. The van der Waals surface area contributed by atoms with E-state index in [4.69, 9.17) is 18.7 Å². The summed E-state index contributed by atoms with van der Waals surface area (Å²) < 4.78 is 21.8. The molecule has 1 aliphatic heterocycles. The molecule has 1 aliphatic carbocycles. The SMILES string of the molecule is COc1ccc(-c2noc(N[C@@H]3[C@@H]4CCO[C@@H]4C3(C)C)n2)cc1OC. The molecule has 2 fully saturated rings.